The van der Waals surface area contributed by atoms with Gasteiger partial charge in [0.1, 0.15) is 11.4 Å². The zero-order valence-electron chi connectivity index (χ0n) is 16.8. The first-order chi connectivity index (χ1) is 13.7. The number of para-hydroxylation sites is 1. The van der Waals surface area contributed by atoms with Crippen LogP contribution in [0.1, 0.15) is 32.8 Å². The van der Waals surface area contributed by atoms with Crippen molar-refractivity contribution < 1.29 is 19.1 Å². The standard InChI is InChI=1S/C22H25ClN2O4/c1-22(2,3)29-21(27)24-18-8-4-6-15-7-5-13-25(20(15)18)19(26)14-28-17-11-9-16(23)10-12-17/h4,6,8-12H,5,7,13-14H2,1-3H3,(H,24,27). The maximum absolute atomic E-state index is 12.9. The zero-order chi connectivity index (χ0) is 21.0. The van der Waals surface area contributed by atoms with Crippen molar-refractivity contribution in [2.24, 2.45) is 0 Å². The minimum atomic E-state index is -0.610. The lowest BCUT2D eigenvalue weighted by Crippen LogP contribution is -2.39. The Morgan fingerprint density at radius 3 is 2.55 bits per heavy atom. The Labute approximate surface area is 175 Å². The van der Waals surface area contributed by atoms with Gasteiger partial charge in [-0.1, -0.05) is 23.7 Å². The van der Waals surface area contributed by atoms with Gasteiger partial charge in [0.15, 0.2) is 6.61 Å². The van der Waals surface area contributed by atoms with Crippen LogP contribution in [-0.2, 0) is 16.0 Å². The van der Waals surface area contributed by atoms with Gasteiger partial charge in [-0.2, -0.15) is 0 Å². The van der Waals surface area contributed by atoms with Crippen LogP contribution in [-0.4, -0.2) is 30.8 Å². The van der Waals surface area contributed by atoms with Crippen molar-refractivity contribution in [3.05, 3.63) is 53.1 Å². The quantitative estimate of drug-likeness (QED) is 0.757. The number of carbonyl (C=O) groups is 2. The van der Waals surface area contributed by atoms with Gasteiger partial charge in [0.05, 0.1) is 11.4 Å². The van der Waals surface area contributed by atoms with Crippen molar-refractivity contribution in [1.82, 2.24) is 0 Å². The van der Waals surface area contributed by atoms with Crippen LogP contribution in [0.5, 0.6) is 5.75 Å². The lowest BCUT2D eigenvalue weighted by Gasteiger charge is -2.31. The third-order valence-electron chi connectivity index (χ3n) is 4.33. The molecule has 2 amide bonds. The van der Waals surface area contributed by atoms with E-state index >= 15 is 0 Å². The molecule has 0 unspecified atom stereocenters. The summed E-state index contributed by atoms with van der Waals surface area (Å²) in [5.41, 5.74) is 1.65. The van der Waals surface area contributed by atoms with Crippen LogP contribution in [0.15, 0.2) is 42.5 Å². The third-order valence-corrected chi connectivity index (χ3v) is 4.58. The van der Waals surface area contributed by atoms with Crippen LogP contribution >= 0.6 is 11.6 Å². The molecule has 0 saturated carbocycles. The van der Waals surface area contributed by atoms with Gasteiger partial charge in [-0.25, -0.2) is 4.79 Å². The summed E-state index contributed by atoms with van der Waals surface area (Å²) < 4.78 is 11.0. The zero-order valence-corrected chi connectivity index (χ0v) is 17.6. The number of anilines is 2. The first-order valence-electron chi connectivity index (χ1n) is 9.53. The molecule has 29 heavy (non-hydrogen) atoms. The molecule has 0 aliphatic carbocycles. The van der Waals surface area contributed by atoms with Crippen LogP contribution in [0.25, 0.3) is 0 Å². The number of benzene rings is 2. The van der Waals surface area contributed by atoms with Crippen molar-refractivity contribution in [1.29, 1.82) is 0 Å². The summed E-state index contributed by atoms with van der Waals surface area (Å²) in [5, 5.41) is 3.38. The highest BCUT2D eigenvalue weighted by atomic mass is 35.5. The van der Waals surface area contributed by atoms with Crippen molar-refractivity contribution in [3.8, 4) is 5.75 Å². The van der Waals surface area contributed by atoms with Crippen LogP contribution in [0, 0.1) is 0 Å². The van der Waals surface area contributed by atoms with E-state index in [9.17, 15) is 9.59 Å². The fourth-order valence-electron chi connectivity index (χ4n) is 3.17. The van der Waals surface area contributed by atoms with E-state index in [0.29, 0.717) is 28.7 Å². The van der Waals surface area contributed by atoms with Crippen molar-refractivity contribution in [2.75, 3.05) is 23.4 Å². The Morgan fingerprint density at radius 2 is 1.86 bits per heavy atom. The van der Waals surface area contributed by atoms with E-state index in [4.69, 9.17) is 21.1 Å². The SMILES string of the molecule is CC(C)(C)OC(=O)Nc1cccc2c1N(C(=O)COc1ccc(Cl)cc1)CCC2. The van der Waals surface area contributed by atoms with Crippen LogP contribution in [0.2, 0.25) is 5.02 Å². The van der Waals surface area contributed by atoms with Gasteiger partial charge in [-0.15, -0.1) is 0 Å². The summed E-state index contributed by atoms with van der Waals surface area (Å²) >= 11 is 5.88. The second kappa shape index (κ2) is 8.74. The molecule has 0 aromatic heterocycles. The van der Waals surface area contributed by atoms with Crippen LogP contribution < -0.4 is 15.0 Å². The Balaban J connectivity index is 1.76. The Bertz CT molecular complexity index is 891. The molecule has 0 fully saturated rings. The molecule has 1 aliphatic heterocycles. The highest BCUT2D eigenvalue weighted by Gasteiger charge is 2.27. The van der Waals surface area contributed by atoms with Crippen LogP contribution in [0.3, 0.4) is 0 Å². The number of hydrogen-bond donors (Lipinski definition) is 1. The van der Waals surface area contributed by atoms with Gasteiger partial charge in [0.2, 0.25) is 0 Å². The summed E-state index contributed by atoms with van der Waals surface area (Å²) in [6.07, 6.45) is 1.12. The molecule has 0 spiro atoms. The number of fused-ring (bicyclic) bond motifs is 1. The summed E-state index contributed by atoms with van der Waals surface area (Å²) in [6.45, 7) is 5.86. The smallest absolute Gasteiger partial charge is 0.412 e. The first kappa shape index (κ1) is 21.0. The third kappa shape index (κ3) is 5.64. The predicted octanol–water partition coefficient (Wildman–Crippen LogP) is 5.05. The van der Waals surface area contributed by atoms with Gasteiger partial charge < -0.3 is 14.4 Å². The first-order valence-corrected chi connectivity index (χ1v) is 9.91. The molecule has 0 saturated heterocycles. The number of amides is 2. The molecule has 0 bridgehead atoms. The number of nitrogens with one attached hydrogen (secondary N) is 1. The fraction of sp³-hybridized carbons (Fsp3) is 0.364. The molecule has 154 valence electrons. The molecule has 0 radical (unpaired) electrons. The number of aryl methyl sites for hydroxylation is 1. The second-order valence-corrected chi connectivity index (χ2v) is 8.27. The minimum Gasteiger partial charge on any atom is -0.484 e. The molecular formula is C22H25ClN2O4. The monoisotopic (exact) mass is 416 g/mol. The van der Waals surface area contributed by atoms with E-state index in [1.54, 1.807) is 56.0 Å². The molecule has 1 N–H and O–H groups in total. The summed E-state index contributed by atoms with van der Waals surface area (Å²) in [7, 11) is 0. The van der Waals surface area contributed by atoms with Gasteiger partial charge >= 0.3 is 6.09 Å². The Hall–Kier alpha value is -2.73. The lowest BCUT2D eigenvalue weighted by atomic mass is 10.00. The van der Waals surface area contributed by atoms with Crippen molar-refractivity contribution in [2.45, 2.75) is 39.2 Å². The van der Waals surface area contributed by atoms with Crippen molar-refractivity contribution >= 4 is 35.0 Å². The average molecular weight is 417 g/mol. The van der Waals surface area contributed by atoms with E-state index in [0.717, 1.165) is 18.4 Å². The highest BCUT2D eigenvalue weighted by Crippen LogP contribution is 2.35. The van der Waals surface area contributed by atoms with E-state index < -0.39 is 11.7 Å². The highest BCUT2D eigenvalue weighted by molar-refractivity contribution is 6.30. The van der Waals surface area contributed by atoms with E-state index in [1.165, 1.54) is 0 Å². The molecule has 7 heteroatoms. The molecule has 0 atom stereocenters. The summed E-state index contributed by atoms with van der Waals surface area (Å²) in [6, 6.07) is 12.5. The van der Waals surface area contributed by atoms with Gasteiger partial charge in [-0.05, 0) is 69.5 Å². The number of ether oxygens (including phenoxy) is 2. The molecule has 3 rings (SSSR count). The van der Waals surface area contributed by atoms with Gasteiger partial charge in [0, 0.05) is 11.6 Å². The lowest BCUT2D eigenvalue weighted by molar-refractivity contribution is -0.120. The molecule has 2 aromatic carbocycles. The summed E-state index contributed by atoms with van der Waals surface area (Å²) in [5.74, 6) is 0.388. The predicted molar refractivity (Wildman–Crippen MR) is 114 cm³/mol. The van der Waals surface area contributed by atoms with E-state index in [1.807, 2.05) is 12.1 Å². The summed E-state index contributed by atoms with van der Waals surface area (Å²) in [4.78, 5) is 26.8. The maximum Gasteiger partial charge on any atom is 0.412 e. The minimum absolute atomic E-state index is 0.109. The molecule has 1 heterocycles. The number of rotatable bonds is 4. The normalized spacial score (nSPS) is 13.4. The number of hydrogen-bond acceptors (Lipinski definition) is 4. The second-order valence-electron chi connectivity index (χ2n) is 7.83. The molecule has 1 aliphatic rings. The Morgan fingerprint density at radius 1 is 1.14 bits per heavy atom. The molecular weight excluding hydrogens is 392 g/mol. The van der Waals surface area contributed by atoms with E-state index in [2.05, 4.69) is 5.32 Å². The Kier molecular flexibility index (Phi) is 6.33. The van der Waals surface area contributed by atoms with E-state index in [-0.39, 0.29) is 12.5 Å². The molecule has 2 aromatic rings. The number of halogens is 1. The fourth-order valence-corrected chi connectivity index (χ4v) is 3.29. The number of carbonyl (C=O) groups excluding carboxylic acids is 2. The molecule has 6 nitrogen and oxygen atoms in total. The van der Waals surface area contributed by atoms with Gasteiger partial charge in [0.25, 0.3) is 5.91 Å². The topological polar surface area (TPSA) is 67.9 Å². The average Bonchev–Trinajstić information content (AvgIpc) is 2.65. The van der Waals surface area contributed by atoms with Crippen molar-refractivity contribution in [3.63, 3.8) is 0 Å². The van der Waals surface area contributed by atoms with Gasteiger partial charge in [-0.3, -0.25) is 10.1 Å². The largest absolute Gasteiger partial charge is 0.484 e. The number of nitrogens with zero attached hydrogens (tertiary/aromatic N) is 1. The van der Waals surface area contributed by atoms with Crippen LogP contribution in [0.4, 0.5) is 16.2 Å². The maximum atomic E-state index is 12.9.